The quantitative estimate of drug-likeness (QED) is 0.160. The number of carbonyl (C=O) groups excluding carboxylic acids is 1. The van der Waals surface area contributed by atoms with Crippen molar-refractivity contribution in [2.45, 2.75) is 13.8 Å². The van der Waals surface area contributed by atoms with Gasteiger partial charge >= 0.3 is 6.03 Å². The molecule has 11 heteroatoms. The number of benzene rings is 3. The van der Waals surface area contributed by atoms with Crippen LogP contribution in [0.1, 0.15) is 25.0 Å². The molecule has 3 rings (SSSR count). The number of anilines is 2. The van der Waals surface area contributed by atoms with Crippen molar-refractivity contribution >= 4 is 51.5 Å². The Morgan fingerprint density at radius 2 is 1.35 bits per heavy atom. The number of hydrogen-bond donors (Lipinski definition) is 8. The minimum absolute atomic E-state index is 0.245. The molecule has 3 aromatic rings. The van der Waals surface area contributed by atoms with Gasteiger partial charge < -0.3 is 22.1 Å². The third kappa shape index (κ3) is 6.07. The highest BCUT2D eigenvalue weighted by Gasteiger charge is 2.11. The SMILES string of the molecule is C/C(=N/NC(=N)N)c1ccc(NC(=O)Nc2ccc(/C(C)=N/NC(=N)N)cc2)c2ccccc12. The zero-order valence-corrected chi connectivity index (χ0v) is 18.7. The average molecular weight is 459 g/mol. The van der Waals surface area contributed by atoms with Gasteiger partial charge in [-0.25, -0.2) is 15.6 Å². The molecule has 0 bridgehead atoms. The van der Waals surface area contributed by atoms with Gasteiger partial charge in [0.1, 0.15) is 0 Å². The molecule has 0 aromatic heterocycles. The molecule has 3 aromatic carbocycles. The molecule has 0 unspecified atom stereocenters. The Balaban J connectivity index is 1.76. The van der Waals surface area contributed by atoms with E-state index in [4.69, 9.17) is 22.3 Å². The molecule has 0 aliphatic carbocycles. The first-order valence-electron chi connectivity index (χ1n) is 10.2. The number of amides is 2. The molecule has 0 heterocycles. The van der Waals surface area contributed by atoms with Crippen LogP contribution in [0.15, 0.2) is 70.9 Å². The first kappa shape index (κ1) is 23.7. The average Bonchev–Trinajstić information content (AvgIpc) is 2.81. The van der Waals surface area contributed by atoms with E-state index in [1.807, 2.05) is 37.3 Å². The van der Waals surface area contributed by atoms with E-state index >= 15 is 0 Å². The lowest BCUT2D eigenvalue weighted by Crippen LogP contribution is -2.26. The topological polar surface area (TPSA) is 190 Å². The molecule has 2 amide bonds. The number of carbonyl (C=O) groups is 1. The minimum Gasteiger partial charge on any atom is -0.369 e. The molecular formula is C23H26N10O. The van der Waals surface area contributed by atoms with Crippen molar-refractivity contribution in [2.75, 3.05) is 10.6 Å². The monoisotopic (exact) mass is 458 g/mol. The highest BCUT2D eigenvalue weighted by molar-refractivity contribution is 6.14. The number of nitrogens with zero attached hydrogens (tertiary/aromatic N) is 2. The molecule has 0 spiro atoms. The third-order valence-corrected chi connectivity index (χ3v) is 4.81. The number of nitrogens with one attached hydrogen (secondary N) is 6. The van der Waals surface area contributed by atoms with Gasteiger partial charge in [-0.3, -0.25) is 10.8 Å². The van der Waals surface area contributed by atoms with Crippen molar-refractivity contribution in [3.63, 3.8) is 0 Å². The molecule has 10 N–H and O–H groups in total. The van der Waals surface area contributed by atoms with Crippen LogP contribution in [0.2, 0.25) is 0 Å². The second-order valence-corrected chi connectivity index (χ2v) is 7.31. The molecule has 0 aliphatic rings. The van der Waals surface area contributed by atoms with Crippen LogP contribution in [-0.4, -0.2) is 29.4 Å². The molecule has 174 valence electrons. The zero-order chi connectivity index (χ0) is 24.7. The van der Waals surface area contributed by atoms with Gasteiger partial charge in [-0.1, -0.05) is 42.5 Å². The van der Waals surface area contributed by atoms with Crippen molar-refractivity contribution < 1.29 is 4.79 Å². The van der Waals surface area contributed by atoms with Gasteiger partial charge in [-0.15, -0.1) is 0 Å². The normalized spacial score (nSPS) is 11.6. The maximum absolute atomic E-state index is 12.7. The van der Waals surface area contributed by atoms with Crippen LogP contribution in [0.5, 0.6) is 0 Å². The summed E-state index contributed by atoms with van der Waals surface area (Å²) in [7, 11) is 0. The third-order valence-electron chi connectivity index (χ3n) is 4.81. The highest BCUT2D eigenvalue weighted by Crippen LogP contribution is 2.27. The van der Waals surface area contributed by atoms with Gasteiger partial charge in [0.15, 0.2) is 0 Å². The van der Waals surface area contributed by atoms with Gasteiger partial charge in [0.2, 0.25) is 11.9 Å². The zero-order valence-electron chi connectivity index (χ0n) is 18.7. The maximum Gasteiger partial charge on any atom is 0.323 e. The lowest BCUT2D eigenvalue weighted by molar-refractivity contribution is 0.262. The molecule has 0 fully saturated rings. The standard InChI is InChI=1S/C23H26N10O/c1-13(30-32-21(24)25)15-7-9-16(10-8-15)28-23(34)29-20-12-11-17(14(2)31-33-22(26)27)18-5-3-4-6-19(18)20/h3-12H,1-2H3,(H4,24,25,32)(H4,26,27,33)(H2,28,29,34)/b30-13+,31-14-. The van der Waals surface area contributed by atoms with Crippen LogP contribution in [0, 0.1) is 10.8 Å². The van der Waals surface area contributed by atoms with Crippen molar-refractivity contribution in [3.05, 3.63) is 71.8 Å². The Kier molecular flexibility index (Phi) is 7.39. The van der Waals surface area contributed by atoms with Crippen molar-refractivity contribution in [2.24, 2.45) is 21.7 Å². The molecular weight excluding hydrogens is 432 g/mol. The summed E-state index contributed by atoms with van der Waals surface area (Å²) >= 11 is 0. The Hall–Kier alpha value is -4.93. The van der Waals surface area contributed by atoms with Gasteiger partial charge in [-0.05, 0) is 43.0 Å². The van der Waals surface area contributed by atoms with Crippen LogP contribution in [0.4, 0.5) is 16.2 Å². The molecule has 0 atom stereocenters. The fraction of sp³-hybridized carbons (Fsp3) is 0.0870. The molecule has 34 heavy (non-hydrogen) atoms. The Labute approximate surface area is 196 Å². The number of fused-ring (bicyclic) bond motifs is 1. The summed E-state index contributed by atoms with van der Waals surface area (Å²) in [6, 6.07) is 18.0. The first-order chi connectivity index (χ1) is 16.2. The Morgan fingerprint density at radius 1 is 0.765 bits per heavy atom. The van der Waals surface area contributed by atoms with Crippen molar-refractivity contribution in [3.8, 4) is 0 Å². The second-order valence-electron chi connectivity index (χ2n) is 7.31. The van der Waals surface area contributed by atoms with Crippen LogP contribution >= 0.6 is 0 Å². The van der Waals surface area contributed by atoms with E-state index in [1.54, 1.807) is 37.3 Å². The summed E-state index contributed by atoms with van der Waals surface area (Å²) in [5.41, 5.74) is 19.6. The number of rotatable bonds is 6. The highest BCUT2D eigenvalue weighted by atomic mass is 16.2. The summed E-state index contributed by atoms with van der Waals surface area (Å²) < 4.78 is 0. The van der Waals surface area contributed by atoms with Gasteiger partial charge in [0.05, 0.1) is 17.1 Å². The number of hydrogen-bond acceptors (Lipinski definition) is 5. The molecule has 11 nitrogen and oxygen atoms in total. The van der Waals surface area contributed by atoms with E-state index in [1.165, 1.54) is 0 Å². The number of urea groups is 1. The number of nitrogens with two attached hydrogens (primary N) is 2. The predicted molar refractivity (Wildman–Crippen MR) is 138 cm³/mol. The van der Waals surface area contributed by atoms with E-state index in [0.717, 1.165) is 21.9 Å². The fourth-order valence-electron chi connectivity index (χ4n) is 3.22. The lowest BCUT2D eigenvalue weighted by Gasteiger charge is -2.13. The van der Waals surface area contributed by atoms with E-state index < -0.39 is 6.03 Å². The van der Waals surface area contributed by atoms with Crippen molar-refractivity contribution in [1.82, 2.24) is 10.9 Å². The Morgan fingerprint density at radius 3 is 1.97 bits per heavy atom. The van der Waals surface area contributed by atoms with Crippen LogP contribution in [0.25, 0.3) is 10.8 Å². The molecule has 0 aliphatic heterocycles. The van der Waals surface area contributed by atoms with E-state index in [-0.39, 0.29) is 11.9 Å². The lowest BCUT2D eigenvalue weighted by atomic mass is 10.00. The Bertz CT molecular complexity index is 1290. The van der Waals surface area contributed by atoms with Crippen LogP contribution in [-0.2, 0) is 0 Å². The smallest absolute Gasteiger partial charge is 0.323 e. The number of guanidine groups is 2. The summed E-state index contributed by atoms with van der Waals surface area (Å²) in [6.45, 7) is 3.59. The second kappa shape index (κ2) is 10.6. The maximum atomic E-state index is 12.7. The summed E-state index contributed by atoms with van der Waals surface area (Å²) in [5.74, 6) is -0.494. The van der Waals surface area contributed by atoms with Gasteiger partial charge in [-0.2, -0.15) is 10.2 Å². The fourth-order valence-corrected chi connectivity index (χ4v) is 3.22. The predicted octanol–water partition coefficient (Wildman–Crippen LogP) is 2.90. The summed E-state index contributed by atoms with van der Waals surface area (Å²) in [4.78, 5) is 12.7. The summed E-state index contributed by atoms with van der Waals surface area (Å²) in [5, 5.41) is 30.0. The molecule has 0 radical (unpaired) electrons. The molecule has 0 saturated carbocycles. The molecule has 0 saturated heterocycles. The van der Waals surface area contributed by atoms with Crippen molar-refractivity contribution in [1.29, 1.82) is 10.8 Å². The van der Waals surface area contributed by atoms with Crippen LogP contribution < -0.4 is 33.0 Å². The van der Waals surface area contributed by atoms with E-state index in [0.29, 0.717) is 22.8 Å². The van der Waals surface area contributed by atoms with Crippen LogP contribution in [0.3, 0.4) is 0 Å². The van der Waals surface area contributed by atoms with Gasteiger partial charge in [0.25, 0.3) is 0 Å². The minimum atomic E-state index is -0.391. The largest absolute Gasteiger partial charge is 0.369 e. The van der Waals surface area contributed by atoms with Gasteiger partial charge in [0, 0.05) is 16.6 Å². The first-order valence-corrected chi connectivity index (χ1v) is 10.2. The van der Waals surface area contributed by atoms with E-state index in [9.17, 15) is 4.79 Å². The summed E-state index contributed by atoms with van der Waals surface area (Å²) in [6.07, 6.45) is 0. The number of hydrazone groups is 2. The van der Waals surface area contributed by atoms with E-state index in [2.05, 4.69) is 31.7 Å².